The zero-order valence-corrected chi connectivity index (χ0v) is 14.7. The zero-order valence-electron chi connectivity index (χ0n) is 14.7. The van der Waals surface area contributed by atoms with Crippen molar-refractivity contribution in [3.05, 3.63) is 55.9 Å². The van der Waals surface area contributed by atoms with E-state index in [1.54, 1.807) is 12.1 Å². The van der Waals surface area contributed by atoms with E-state index in [1.807, 2.05) is 6.92 Å². The number of phenols is 1. The van der Waals surface area contributed by atoms with Crippen LogP contribution in [0.1, 0.15) is 29.3 Å². The molecule has 1 aliphatic heterocycles. The van der Waals surface area contributed by atoms with E-state index in [1.165, 1.54) is 30.9 Å². The van der Waals surface area contributed by atoms with Crippen LogP contribution in [-0.4, -0.2) is 27.1 Å². The van der Waals surface area contributed by atoms with Crippen molar-refractivity contribution in [3.8, 4) is 11.5 Å². The molecule has 8 nitrogen and oxygen atoms in total. The van der Waals surface area contributed by atoms with Crippen LogP contribution >= 0.6 is 0 Å². The van der Waals surface area contributed by atoms with E-state index in [9.17, 15) is 19.5 Å². The van der Waals surface area contributed by atoms with E-state index in [2.05, 4.69) is 5.32 Å². The number of anilines is 1. The first-order valence-corrected chi connectivity index (χ1v) is 8.13. The number of benzene rings is 1. The molecule has 0 bridgehead atoms. The normalized spacial score (nSPS) is 14.4. The summed E-state index contributed by atoms with van der Waals surface area (Å²) in [4.78, 5) is 37.4. The number of nitrogens with zero attached hydrogens (tertiary/aromatic N) is 2. The van der Waals surface area contributed by atoms with Gasteiger partial charge in [-0.25, -0.2) is 4.79 Å². The Balaban J connectivity index is 2.11. The minimum absolute atomic E-state index is 0.0514. The summed E-state index contributed by atoms with van der Waals surface area (Å²) in [6.07, 6.45) is 2.19. The first kappa shape index (κ1) is 17.5. The molecule has 0 amide bonds. The number of ether oxygens (including phenoxy) is 1. The van der Waals surface area contributed by atoms with Crippen LogP contribution in [0.4, 0.5) is 5.82 Å². The highest BCUT2D eigenvalue weighted by molar-refractivity contribution is 6.19. The first-order valence-electron chi connectivity index (χ1n) is 8.13. The Morgan fingerprint density at radius 1 is 1.27 bits per heavy atom. The molecule has 26 heavy (non-hydrogen) atoms. The van der Waals surface area contributed by atoms with Crippen molar-refractivity contribution >= 4 is 17.7 Å². The van der Waals surface area contributed by atoms with Crippen LogP contribution in [0.15, 0.2) is 33.5 Å². The van der Waals surface area contributed by atoms with E-state index >= 15 is 0 Å². The first-order chi connectivity index (χ1) is 12.4. The summed E-state index contributed by atoms with van der Waals surface area (Å²) >= 11 is 0. The maximum atomic E-state index is 12.7. The molecule has 0 saturated heterocycles. The number of rotatable bonds is 4. The van der Waals surface area contributed by atoms with Gasteiger partial charge in [-0.2, -0.15) is 0 Å². The van der Waals surface area contributed by atoms with Crippen molar-refractivity contribution in [1.82, 2.24) is 9.13 Å². The molecule has 0 fully saturated rings. The predicted octanol–water partition coefficient (Wildman–Crippen LogP) is 1.32. The lowest BCUT2D eigenvalue weighted by molar-refractivity contribution is 0.104. The maximum absolute atomic E-state index is 12.7. The molecule has 1 aromatic heterocycles. The van der Waals surface area contributed by atoms with Gasteiger partial charge in [-0.1, -0.05) is 13.0 Å². The second-order valence-corrected chi connectivity index (χ2v) is 5.97. The molecule has 0 unspecified atom stereocenters. The van der Waals surface area contributed by atoms with Crippen LogP contribution in [0.3, 0.4) is 0 Å². The van der Waals surface area contributed by atoms with E-state index in [4.69, 9.17) is 4.74 Å². The smallest absolute Gasteiger partial charge is 0.332 e. The van der Waals surface area contributed by atoms with Crippen LogP contribution in [0.2, 0.25) is 0 Å². The third-order valence-electron chi connectivity index (χ3n) is 4.23. The number of aromatic nitrogens is 2. The number of allylic oxidation sites excluding steroid dienone is 1. The Bertz CT molecular complexity index is 1050. The Morgan fingerprint density at radius 2 is 2.00 bits per heavy atom. The van der Waals surface area contributed by atoms with Gasteiger partial charge in [-0.15, -0.1) is 0 Å². The molecule has 1 aliphatic rings. The highest BCUT2D eigenvalue weighted by atomic mass is 16.5. The second-order valence-electron chi connectivity index (χ2n) is 5.97. The van der Waals surface area contributed by atoms with Crippen molar-refractivity contribution in [2.24, 2.45) is 7.05 Å². The molecular weight excluding hydrogens is 338 g/mol. The van der Waals surface area contributed by atoms with Gasteiger partial charge in [0.05, 0.1) is 12.8 Å². The molecule has 0 aliphatic carbocycles. The molecule has 2 aromatic rings. The van der Waals surface area contributed by atoms with Crippen molar-refractivity contribution in [3.63, 3.8) is 0 Å². The molecule has 3 rings (SSSR count). The lowest BCUT2D eigenvalue weighted by atomic mass is 10.1. The standard InChI is InChI=1S/C18H19N3O5/c1-4-7-21-16-14(17(24)20(2)18(21)25)15(23)11(19-16)8-10-5-6-13(26-3)12(22)9-10/h5-6,8-9,19,22H,4,7H2,1-3H3/b11-8+. The predicted molar refractivity (Wildman–Crippen MR) is 96.8 cm³/mol. The van der Waals surface area contributed by atoms with E-state index in [-0.39, 0.29) is 22.8 Å². The number of ketones is 1. The van der Waals surface area contributed by atoms with Gasteiger partial charge in [0.1, 0.15) is 11.4 Å². The molecule has 0 spiro atoms. The topological polar surface area (TPSA) is 103 Å². The summed E-state index contributed by atoms with van der Waals surface area (Å²) in [5.74, 6) is -0.0230. The number of nitrogens with one attached hydrogen (secondary N) is 1. The molecule has 0 atom stereocenters. The third kappa shape index (κ3) is 2.69. The van der Waals surface area contributed by atoms with Crippen molar-refractivity contribution in [1.29, 1.82) is 0 Å². The van der Waals surface area contributed by atoms with Gasteiger partial charge in [0, 0.05) is 13.6 Å². The molecule has 136 valence electrons. The number of methoxy groups -OCH3 is 1. The highest BCUT2D eigenvalue weighted by Gasteiger charge is 2.32. The van der Waals surface area contributed by atoms with Crippen LogP contribution in [0, 0.1) is 0 Å². The average Bonchev–Trinajstić information content (AvgIpc) is 2.93. The van der Waals surface area contributed by atoms with Gasteiger partial charge in [-0.3, -0.25) is 18.7 Å². The van der Waals surface area contributed by atoms with Gasteiger partial charge in [0.2, 0.25) is 5.78 Å². The lowest BCUT2D eigenvalue weighted by Gasteiger charge is -2.11. The molecule has 0 radical (unpaired) electrons. The fourth-order valence-corrected chi connectivity index (χ4v) is 2.92. The molecule has 2 N–H and O–H groups in total. The number of Topliss-reactive ketones (excluding diaryl/α,β-unsaturated/α-hetero) is 1. The monoisotopic (exact) mass is 357 g/mol. The summed E-state index contributed by atoms with van der Waals surface area (Å²) in [5.41, 5.74) is -0.440. The van der Waals surface area contributed by atoms with Crippen LogP contribution in [0.5, 0.6) is 11.5 Å². The number of phenolic OH excluding ortho intramolecular Hbond substituents is 1. The zero-order chi connectivity index (χ0) is 19.0. The van der Waals surface area contributed by atoms with Gasteiger partial charge in [0.25, 0.3) is 5.56 Å². The number of carbonyl (C=O) groups excluding carboxylic acids is 1. The molecule has 8 heteroatoms. The third-order valence-corrected chi connectivity index (χ3v) is 4.23. The molecule has 2 heterocycles. The van der Waals surface area contributed by atoms with Crippen LogP contribution in [-0.2, 0) is 13.6 Å². The minimum atomic E-state index is -0.629. The Labute approximate surface area is 149 Å². The van der Waals surface area contributed by atoms with E-state index in [0.29, 0.717) is 24.3 Å². The second kappa shape index (κ2) is 6.55. The lowest BCUT2D eigenvalue weighted by Crippen LogP contribution is -2.40. The van der Waals surface area contributed by atoms with E-state index < -0.39 is 17.0 Å². The fourth-order valence-electron chi connectivity index (χ4n) is 2.92. The quantitative estimate of drug-likeness (QED) is 0.800. The number of fused-ring (bicyclic) bond motifs is 1. The number of aromatic hydroxyl groups is 1. The average molecular weight is 357 g/mol. The van der Waals surface area contributed by atoms with Gasteiger partial charge in [0.15, 0.2) is 11.5 Å². The summed E-state index contributed by atoms with van der Waals surface area (Å²) in [7, 11) is 2.79. The number of hydrogen-bond donors (Lipinski definition) is 2. The number of carbonyl (C=O) groups is 1. The Kier molecular flexibility index (Phi) is 4.41. The highest BCUT2D eigenvalue weighted by Crippen LogP contribution is 2.29. The molecule has 0 saturated carbocycles. The van der Waals surface area contributed by atoms with Gasteiger partial charge in [-0.05, 0) is 30.2 Å². The molecule has 1 aromatic carbocycles. The SMILES string of the molecule is CCCn1c2c(c(=O)n(C)c1=O)C(=O)/C(=C\c1ccc(OC)c(O)c1)N2. The Hall–Kier alpha value is -3.29. The van der Waals surface area contributed by atoms with Crippen molar-refractivity contribution < 1.29 is 14.6 Å². The van der Waals surface area contributed by atoms with Crippen molar-refractivity contribution in [2.75, 3.05) is 12.4 Å². The van der Waals surface area contributed by atoms with Gasteiger partial charge >= 0.3 is 5.69 Å². The summed E-state index contributed by atoms with van der Waals surface area (Å²) in [6, 6.07) is 4.68. The Morgan fingerprint density at radius 3 is 2.62 bits per heavy atom. The van der Waals surface area contributed by atoms with Gasteiger partial charge < -0.3 is 15.2 Å². The number of hydrogen-bond acceptors (Lipinski definition) is 6. The minimum Gasteiger partial charge on any atom is -0.504 e. The van der Waals surface area contributed by atoms with Crippen LogP contribution in [0.25, 0.3) is 6.08 Å². The maximum Gasteiger partial charge on any atom is 0.332 e. The largest absolute Gasteiger partial charge is 0.504 e. The van der Waals surface area contributed by atoms with Crippen molar-refractivity contribution in [2.45, 2.75) is 19.9 Å². The summed E-state index contributed by atoms with van der Waals surface area (Å²) in [5, 5.41) is 12.8. The summed E-state index contributed by atoms with van der Waals surface area (Å²) in [6.45, 7) is 2.28. The molecular formula is C18H19N3O5. The summed E-state index contributed by atoms with van der Waals surface area (Å²) < 4.78 is 7.32. The fraction of sp³-hybridized carbons (Fsp3) is 0.278. The van der Waals surface area contributed by atoms with E-state index in [0.717, 1.165) is 4.57 Å². The van der Waals surface area contributed by atoms with Crippen LogP contribution < -0.4 is 21.3 Å².